The summed E-state index contributed by atoms with van der Waals surface area (Å²) < 4.78 is 35.9. The highest BCUT2D eigenvalue weighted by Gasteiger charge is 2.58. The van der Waals surface area contributed by atoms with Crippen molar-refractivity contribution in [3.63, 3.8) is 0 Å². The predicted molar refractivity (Wildman–Crippen MR) is 117 cm³/mol. The lowest BCUT2D eigenvalue weighted by Gasteiger charge is -2.45. The minimum atomic E-state index is -2.20. The summed E-state index contributed by atoms with van der Waals surface area (Å²) in [7, 11) is -2.20. The zero-order valence-electron chi connectivity index (χ0n) is 20.6. The van der Waals surface area contributed by atoms with Crippen LogP contribution >= 0.6 is 0 Å². The minimum Gasteiger partial charge on any atom is -0.456 e. The van der Waals surface area contributed by atoms with E-state index in [2.05, 4.69) is 41.5 Å². The van der Waals surface area contributed by atoms with E-state index >= 15 is 0 Å². The molecule has 2 fully saturated rings. The second kappa shape index (κ2) is 9.87. The lowest BCUT2D eigenvalue weighted by Crippen LogP contribution is -2.61. The van der Waals surface area contributed by atoms with Crippen LogP contribution in [0.1, 0.15) is 69.2 Å². The third-order valence-electron chi connectivity index (χ3n) is 6.22. The van der Waals surface area contributed by atoms with Crippen molar-refractivity contribution in [1.29, 1.82) is 0 Å². The van der Waals surface area contributed by atoms with Gasteiger partial charge in [0.1, 0.15) is 6.10 Å². The van der Waals surface area contributed by atoms with Crippen LogP contribution in [0.4, 0.5) is 0 Å². The smallest absolute Gasteiger partial charge is 0.303 e. The Morgan fingerprint density at radius 2 is 1.35 bits per heavy atom. The minimum absolute atomic E-state index is 0.212. The second-order valence-corrected chi connectivity index (χ2v) is 15.4. The van der Waals surface area contributed by atoms with Crippen molar-refractivity contribution in [3.8, 4) is 0 Å². The highest BCUT2D eigenvalue weighted by molar-refractivity contribution is 6.77. The Bertz CT molecular complexity index is 626. The van der Waals surface area contributed by atoms with E-state index in [0.717, 1.165) is 0 Å². The van der Waals surface area contributed by atoms with Gasteiger partial charge in [0.15, 0.2) is 38.7 Å². The number of carbonyl (C=O) groups is 2. The molecule has 2 rings (SSSR count). The molecule has 5 atom stereocenters. The number of carbonyl (C=O) groups excluding carboxylic acids is 2. The van der Waals surface area contributed by atoms with Gasteiger partial charge in [-0.25, -0.2) is 0 Å². The van der Waals surface area contributed by atoms with Gasteiger partial charge in [0, 0.05) is 13.8 Å². The molecule has 0 unspecified atom stereocenters. The zero-order valence-corrected chi connectivity index (χ0v) is 21.6. The molecule has 0 radical (unpaired) electrons. The summed E-state index contributed by atoms with van der Waals surface area (Å²) in [6.07, 6.45) is -3.84. The second-order valence-electron chi connectivity index (χ2n) is 9.92. The summed E-state index contributed by atoms with van der Waals surface area (Å²) in [5.41, 5.74) is 1.14. The first kappa shape index (κ1) is 26.3. The molecule has 0 bridgehead atoms. The van der Waals surface area contributed by atoms with Crippen LogP contribution in [0.5, 0.6) is 0 Å². The van der Waals surface area contributed by atoms with Crippen molar-refractivity contribution in [3.05, 3.63) is 0 Å². The SMILES string of the molecule is CC(=O)O[C@@H]1[C@H]2OC(C)(C)O[C@H]2O[C@H](CO[Si](C(C)C)(C(C)C)C(C)C)[C@H]1OC(C)=O. The molecule has 180 valence electrons. The van der Waals surface area contributed by atoms with Crippen molar-refractivity contribution >= 4 is 20.3 Å². The standard InChI is InChI=1S/C22H40O8Si/c1-12(2)31(13(3)4,14(5)6)25-11-17-18(26-15(7)23)19(27-16(8)24)20-21(28-17)30-22(9,10)29-20/h12-14,17-21H,11H2,1-10H3/t17-,18-,19+,20-,21-/m1/s1. The Balaban J connectivity index is 2.36. The maximum Gasteiger partial charge on any atom is 0.303 e. The van der Waals surface area contributed by atoms with Crippen LogP contribution in [0.25, 0.3) is 0 Å². The third-order valence-corrected chi connectivity index (χ3v) is 12.3. The average molecular weight is 461 g/mol. The van der Waals surface area contributed by atoms with E-state index in [9.17, 15) is 9.59 Å². The largest absolute Gasteiger partial charge is 0.456 e. The Kier molecular flexibility index (Phi) is 8.35. The molecule has 9 heteroatoms. The summed E-state index contributed by atoms with van der Waals surface area (Å²) >= 11 is 0. The highest BCUT2D eigenvalue weighted by atomic mass is 28.4. The van der Waals surface area contributed by atoms with E-state index in [4.69, 9.17) is 28.1 Å². The third kappa shape index (κ3) is 5.68. The molecule has 0 aromatic carbocycles. The van der Waals surface area contributed by atoms with Crippen molar-refractivity contribution in [2.75, 3.05) is 6.61 Å². The molecule has 0 saturated carbocycles. The summed E-state index contributed by atoms with van der Waals surface area (Å²) in [5.74, 6) is -1.91. The summed E-state index contributed by atoms with van der Waals surface area (Å²) in [5, 5.41) is 0. The van der Waals surface area contributed by atoms with Crippen molar-refractivity contribution < 1.29 is 37.7 Å². The molecule has 2 aliphatic rings. The molecule has 2 saturated heterocycles. The lowest BCUT2D eigenvalue weighted by molar-refractivity contribution is -0.264. The molecule has 31 heavy (non-hydrogen) atoms. The fraction of sp³-hybridized carbons (Fsp3) is 0.909. The van der Waals surface area contributed by atoms with E-state index in [1.165, 1.54) is 13.8 Å². The Morgan fingerprint density at radius 3 is 1.81 bits per heavy atom. The number of ether oxygens (including phenoxy) is 5. The predicted octanol–water partition coefficient (Wildman–Crippen LogP) is 3.92. The zero-order chi connectivity index (χ0) is 23.7. The van der Waals surface area contributed by atoms with E-state index < -0.39 is 56.7 Å². The van der Waals surface area contributed by atoms with Gasteiger partial charge in [-0.1, -0.05) is 41.5 Å². The van der Waals surface area contributed by atoms with E-state index in [1.807, 2.05) is 0 Å². The van der Waals surface area contributed by atoms with Gasteiger partial charge in [0.25, 0.3) is 0 Å². The van der Waals surface area contributed by atoms with E-state index in [-0.39, 0.29) is 6.61 Å². The first-order valence-electron chi connectivity index (χ1n) is 11.2. The normalized spacial score (nSPS) is 30.5. The summed E-state index contributed by atoms with van der Waals surface area (Å²) in [6, 6.07) is 0. The van der Waals surface area contributed by atoms with Crippen LogP contribution in [0, 0.1) is 0 Å². The van der Waals surface area contributed by atoms with Crippen LogP contribution in [-0.2, 0) is 37.7 Å². The molecule has 0 spiro atoms. The molecule has 0 aromatic heterocycles. The van der Waals surface area contributed by atoms with Gasteiger partial charge in [-0.15, -0.1) is 0 Å². The molecule has 2 aliphatic heterocycles. The first-order valence-corrected chi connectivity index (χ1v) is 13.3. The summed E-state index contributed by atoms with van der Waals surface area (Å²) in [4.78, 5) is 23.8. The molecule has 8 nitrogen and oxygen atoms in total. The molecule has 0 aliphatic carbocycles. The van der Waals surface area contributed by atoms with Gasteiger partial charge in [-0.05, 0) is 30.5 Å². The van der Waals surface area contributed by atoms with Gasteiger partial charge in [0.2, 0.25) is 0 Å². The van der Waals surface area contributed by atoms with Gasteiger partial charge < -0.3 is 28.1 Å². The topological polar surface area (TPSA) is 89.5 Å². The molecule has 2 heterocycles. The summed E-state index contributed by atoms with van der Waals surface area (Å²) in [6.45, 7) is 19.6. The van der Waals surface area contributed by atoms with Crippen molar-refractivity contribution in [2.24, 2.45) is 0 Å². The molecule has 0 N–H and O–H groups in total. The molecular weight excluding hydrogens is 420 g/mol. The van der Waals surface area contributed by atoms with Crippen LogP contribution in [0.15, 0.2) is 0 Å². The first-order chi connectivity index (χ1) is 14.2. The fourth-order valence-electron chi connectivity index (χ4n) is 5.25. The van der Waals surface area contributed by atoms with Crippen molar-refractivity contribution in [1.82, 2.24) is 0 Å². The van der Waals surface area contributed by atoms with Gasteiger partial charge in [-0.2, -0.15) is 0 Å². The monoisotopic (exact) mass is 460 g/mol. The number of rotatable bonds is 8. The Hall–Kier alpha value is -1.00. The van der Waals surface area contributed by atoms with Gasteiger partial charge >= 0.3 is 11.9 Å². The lowest BCUT2D eigenvalue weighted by atomic mass is 9.98. The maximum atomic E-state index is 11.9. The van der Waals surface area contributed by atoms with Gasteiger partial charge in [-0.3, -0.25) is 9.59 Å². The van der Waals surface area contributed by atoms with Gasteiger partial charge in [0.05, 0.1) is 6.61 Å². The number of hydrogen-bond acceptors (Lipinski definition) is 8. The molecule has 0 amide bonds. The molecule has 0 aromatic rings. The number of fused-ring (bicyclic) bond motifs is 1. The van der Waals surface area contributed by atoms with E-state index in [1.54, 1.807) is 13.8 Å². The maximum absolute atomic E-state index is 11.9. The number of esters is 2. The van der Waals surface area contributed by atoms with Crippen LogP contribution in [0.3, 0.4) is 0 Å². The van der Waals surface area contributed by atoms with Crippen LogP contribution in [-0.4, -0.2) is 63.4 Å². The number of hydrogen-bond donors (Lipinski definition) is 0. The molecular formula is C22H40O8Si. The van der Waals surface area contributed by atoms with Crippen molar-refractivity contribution in [2.45, 2.75) is 122 Å². The van der Waals surface area contributed by atoms with Crippen LogP contribution < -0.4 is 0 Å². The fourth-order valence-corrected chi connectivity index (χ4v) is 10.7. The average Bonchev–Trinajstić information content (AvgIpc) is 2.90. The highest BCUT2D eigenvalue weighted by Crippen LogP contribution is 2.44. The Morgan fingerprint density at radius 1 is 0.871 bits per heavy atom. The van der Waals surface area contributed by atoms with E-state index in [0.29, 0.717) is 16.6 Å². The van der Waals surface area contributed by atoms with Crippen LogP contribution in [0.2, 0.25) is 16.6 Å². The Labute approximate surface area is 187 Å². The quantitative estimate of drug-likeness (QED) is 0.398.